The van der Waals surface area contributed by atoms with Crippen LogP contribution in [0.5, 0.6) is 0 Å². The fourth-order valence-electron chi connectivity index (χ4n) is 4.75. The van der Waals surface area contributed by atoms with Gasteiger partial charge in [0, 0.05) is 12.1 Å². The van der Waals surface area contributed by atoms with Crippen molar-refractivity contribution >= 4 is 5.91 Å². The van der Waals surface area contributed by atoms with Crippen molar-refractivity contribution in [3.05, 3.63) is 0 Å². The first kappa shape index (κ1) is 13.4. The summed E-state index contributed by atoms with van der Waals surface area (Å²) in [5.41, 5.74) is 0. The summed E-state index contributed by atoms with van der Waals surface area (Å²) in [6.45, 7) is 5.43. The Morgan fingerprint density at radius 1 is 1.26 bits per heavy atom. The third-order valence-corrected chi connectivity index (χ3v) is 5.90. The van der Waals surface area contributed by atoms with Crippen molar-refractivity contribution in [3.8, 4) is 0 Å². The Bertz CT molecular complexity index is 344. The molecule has 0 aromatic rings. The van der Waals surface area contributed by atoms with Gasteiger partial charge in [0.05, 0.1) is 5.92 Å². The van der Waals surface area contributed by atoms with Crippen molar-refractivity contribution in [1.82, 2.24) is 10.6 Å². The molecule has 6 atom stereocenters. The van der Waals surface area contributed by atoms with Crippen LogP contribution in [-0.2, 0) is 4.79 Å². The lowest BCUT2D eigenvalue weighted by molar-refractivity contribution is -0.127. The maximum atomic E-state index is 12.4. The molecule has 1 amide bonds. The molecule has 1 aliphatic heterocycles. The summed E-state index contributed by atoms with van der Waals surface area (Å²) >= 11 is 0. The Morgan fingerprint density at radius 2 is 2.11 bits per heavy atom. The van der Waals surface area contributed by atoms with Crippen LogP contribution in [0.4, 0.5) is 0 Å². The molecule has 3 heteroatoms. The molecule has 0 aromatic heterocycles. The molecule has 1 saturated heterocycles. The first-order chi connectivity index (χ1) is 9.15. The Hall–Kier alpha value is -0.570. The van der Waals surface area contributed by atoms with Crippen molar-refractivity contribution < 1.29 is 4.79 Å². The minimum Gasteiger partial charge on any atom is -0.353 e. The molecule has 19 heavy (non-hydrogen) atoms. The predicted molar refractivity (Wildman–Crippen MR) is 76.7 cm³/mol. The predicted octanol–water partition coefficient (Wildman–Crippen LogP) is 2.32. The number of hydrogen-bond donors (Lipinski definition) is 2. The highest BCUT2D eigenvalue weighted by Crippen LogP contribution is 2.49. The number of carbonyl (C=O) groups is 1. The Kier molecular flexibility index (Phi) is 3.84. The zero-order valence-corrected chi connectivity index (χ0v) is 12.3. The van der Waals surface area contributed by atoms with Crippen LogP contribution >= 0.6 is 0 Å². The van der Waals surface area contributed by atoms with E-state index in [2.05, 4.69) is 24.5 Å². The number of carbonyl (C=O) groups excluding carboxylic acids is 1. The molecule has 0 spiro atoms. The van der Waals surface area contributed by atoms with Gasteiger partial charge in [-0.25, -0.2) is 0 Å². The molecule has 2 bridgehead atoms. The van der Waals surface area contributed by atoms with E-state index in [9.17, 15) is 4.79 Å². The Morgan fingerprint density at radius 3 is 2.74 bits per heavy atom. The number of amides is 1. The van der Waals surface area contributed by atoms with Crippen molar-refractivity contribution in [3.63, 3.8) is 0 Å². The third-order valence-electron chi connectivity index (χ3n) is 5.90. The summed E-state index contributed by atoms with van der Waals surface area (Å²) in [7, 11) is 0. The zero-order chi connectivity index (χ0) is 13.4. The molecule has 1 heterocycles. The van der Waals surface area contributed by atoms with Crippen molar-refractivity contribution in [2.45, 2.75) is 64.5 Å². The smallest absolute Gasteiger partial charge is 0.224 e. The number of hydrogen-bond acceptors (Lipinski definition) is 2. The lowest BCUT2D eigenvalue weighted by Gasteiger charge is -2.33. The average Bonchev–Trinajstić information content (AvgIpc) is 3.01. The molecule has 0 aromatic carbocycles. The van der Waals surface area contributed by atoms with Gasteiger partial charge < -0.3 is 10.6 Å². The summed E-state index contributed by atoms with van der Waals surface area (Å²) in [6, 6.07) is 0.706. The van der Waals surface area contributed by atoms with E-state index >= 15 is 0 Å². The molecule has 2 aliphatic carbocycles. The molecule has 3 nitrogen and oxygen atoms in total. The van der Waals surface area contributed by atoms with E-state index in [0.29, 0.717) is 12.1 Å². The number of nitrogens with one attached hydrogen (secondary N) is 2. The molecule has 2 saturated carbocycles. The van der Waals surface area contributed by atoms with Crippen LogP contribution in [0.1, 0.15) is 52.4 Å². The van der Waals surface area contributed by atoms with Gasteiger partial charge >= 0.3 is 0 Å². The van der Waals surface area contributed by atoms with Gasteiger partial charge in [-0.2, -0.15) is 0 Å². The van der Waals surface area contributed by atoms with Crippen molar-refractivity contribution in [2.75, 3.05) is 6.54 Å². The monoisotopic (exact) mass is 264 g/mol. The van der Waals surface area contributed by atoms with Gasteiger partial charge in [0.1, 0.15) is 0 Å². The van der Waals surface area contributed by atoms with E-state index in [0.717, 1.165) is 37.1 Å². The normalized spacial score (nSPS) is 43.2. The van der Waals surface area contributed by atoms with Crippen LogP contribution in [0.25, 0.3) is 0 Å². The SMILES string of the molecule is CC1NCCCC1C(=O)NC(C)C1CC2CCC1C2. The Balaban J connectivity index is 1.54. The van der Waals surface area contributed by atoms with Gasteiger partial charge in [-0.05, 0) is 70.3 Å². The Labute approximate surface area is 116 Å². The summed E-state index contributed by atoms with van der Waals surface area (Å²) in [6.07, 6.45) is 7.79. The van der Waals surface area contributed by atoms with Gasteiger partial charge in [-0.15, -0.1) is 0 Å². The van der Waals surface area contributed by atoms with Crippen LogP contribution in [-0.4, -0.2) is 24.5 Å². The summed E-state index contributed by atoms with van der Waals surface area (Å²) in [5.74, 6) is 3.06. The minimum atomic E-state index is 0.176. The minimum absolute atomic E-state index is 0.176. The van der Waals surface area contributed by atoms with Gasteiger partial charge in [0.2, 0.25) is 5.91 Å². The highest BCUT2D eigenvalue weighted by atomic mass is 16.2. The fraction of sp³-hybridized carbons (Fsp3) is 0.938. The third kappa shape index (κ3) is 2.67. The quantitative estimate of drug-likeness (QED) is 0.821. The first-order valence-corrected chi connectivity index (χ1v) is 8.19. The zero-order valence-electron chi connectivity index (χ0n) is 12.3. The number of rotatable bonds is 3. The van der Waals surface area contributed by atoms with E-state index in [4.69, 9.17) is 0 Å². The van der Waals surface area contributed by atoms with Crippen molar-refractivity contribution in [1.29, 1.82) is 0 Å². The van der Waals surface area contributed by atoms with Gasteiger partial charge in [0.25, 0.3) is 0 Å². The molecular weight excluding hydrogens is 236 g/mol. The van der Waals surface area contributed by atoms with E-state index in [1.165, 1.54) is 25.7 Å². The van der Waals surface area contributed by atoms with Gasteiger partial charge in [-0.1, -0.05) is 6.42 Å². The van der Waals surface area contributed by atoms with Gasteiger partial charge in [-0.3, -0.25) is 4.79 Å². The molecule has 3 aliphatic rings. The van der Waals surface area contributed by atoms with Crippen LogP contribution in [0, 0.1) is 23.7 Å². The van der Waals surface area contributed by atoms with E-state index in [-0.39, 0.29) is 11.8 Å². The second-order valence-electron chi connectivity index (χ2n) is 7.13. The fourth-order valence-corrected chi connectivity index (χ4v) is 4.75. The summed E-state index contributed by atoms with van der Waals surface area (Å²) in [5, 5.41) is 6.75. The topological polar surface area (TPSA) is 41.1 Å². The van der Waals surface area contributed by atoms with Crippen LogP contribution in [0.2, 0.25) is 0 Å². The van der Waals surface area contributed by atoms with E-state index < -0.39 is 0 Å². The highest BCUT2D eigenvalue weighted by Gasteiger charge is 2.42. The molecule has 3 fully saturated rings. The second kappa shape index (κ2) is 5.43. The van der Waals surface area contributed by atoms with Crippen LogP contribution in [0.3, 0.4) is 0 Å². The number of fused-ring (bicyclic) bond motifs is 2. The summed E-state index contributed by atoms with van der Waals surface area (Å²) < 4.78 is 0. The average molecular weight is 264 g/mol. The van der Waals surface area contributed by atoms with E-state index in [1.807, 2.05) is 0 Å². The maximum absolute atomic E-state index is 12.4. The summed E-state index contributed by atoms with van der Waals surface area (Å²) in [4.78, 5) is 12.4. The van der Waals surface area contributed by atoms with Gasteiger partial charge in [0.15, 0.2) is 0 Å². The standard InChI is InChI=1S/C16H28N2O/c1-10-14(4-3-7-17-10)16(19)18-11(2)15-9-12-5-6-13(15)8-12/h10-15,17H,3-9H2,1-2H3,(H,18,19). The second-order valence-corrected chi connectivity index (χ2v) is 7.13. The lowest BCUT2D eigenvalue weighted by atomic mass is 9.83. The molecule has 108 valence electrons. The largest absolute Gasteiger partial charge is 0.353 e. The van der Waals surface area contributed by atoms with E-state index in [1.54, 1.807) is 0 Å². The molecule has 3 rings (SSSR count). The van der Waals surface area contributed by atoms with Crippen LogP contribution < -0.4 is 10.6 Å². The lowest BCUT2D eigenvalue weighted by Crippen LogP contribution is -2.50. The molecule has 2 N–H and O–H groups in total. The first-order valence-electron chi connectivity index (χ1n) is 8.19. The molecular formula is C16H28N2O. The van der Waals surface area contributed by atoms with Crippen LogP contribution in [0.15, 0.2) is 0 Å². The molecule has 6 unspecified atom stereocenters. The highest BCUT2D eigenvalue weighted by molar-refractivity contribution is 5.79. The maximum Gasteiger partial charge on any atom is 0.224 e. The number of piperidine rings is 1. The molecule has 0 radical (unpaired) electrons. The van der Waals surface area contributed by atoms with Crippen molar-refractivity contribution in [2.24, 2.45) is 23.7 Å².